The Bertz CT molecular complexity index is 845. The average molecular weight is 385 g/mol. The van der Waals surface area contributed by atoms with Crippen LogP contribution in [0.2, 0.25) is 10.0 Å². The summed E-state index contributed by atoms with van der Waals surface area (Å²) < 4.78 is 59.0. The summed E-state index contributed by atoms with van der Waals surface area (Å²) in [6, 6.07) is 10.9. The van der Waals surface area contributed by atoms with Crippen molar-refractivity contribution in [3.05, 3.63) is 58.6 Å². The maximum atomic E-state index is 10.5. The van der Waals surface area contributed by atoms with Gasteiger partial charge in [0.15, 0.2) is 0 Å². The van der Waals surface area contributed by atoms with E-state index in [4.69, 9.17) is 32.3 Å². The maximum absolute atomic E-state index is 10.5. The van der Waals surface area contributed by atoms with E-state index in [1.165, 1.54) is 42.5 Å². The summed E-state index contributed by atoms with van der Waals surface area (Å²) in [5, 5.41) is 0.451. The third-order valence-corrected chi connectivity index (χ3v) is 4.70. The first-order valence-corrected chi connectivity index (χ1v) is 9.10. The molecule has 2 aromatic rings. The molecule has 0 heterocycles. The number of benzene rings is 2. The molecule has 0 fully saturated rings. The monoisotopic (exact) mass is 384 g/mol. The molecule has 0 saturated carbocycles. The Labute approximate surface area is 137 Å². The van der Waals surface area contributed by atoms with Gasteiger partial charge in [-0.2, -0.15) is 16.8 Å². The molecule has 120 valence electrons. The van der Waals surface area contributed by atoms with Gasteiger partial charge in [0.1, 0.15) is 4.90 Å². The Morgan fingerprint density at radius 2 is 1.23 bits per heavy atom. The third kappa shape index (κ3) is 5.91. The van der Waals surface area contributed by atoms with Crippen molar-refractivity contribution in [2.75, 3.05) is 0 Å². The zero-order valence-corrected chi connectivity index (χ0v) is 13.9. The maximum Gasteiger partial charge on any atom is 0.296 e. The van der Waals surface area contributed by atoms with E-state index in [0.29, 0.717) is 5.02 Å². The highest BCUT2D eigenvalue weighted by atomic mass is 35.5. The minimum absolute atomic E-state index is 0.0231. The van der Waals surface area contributed by atoms with Crippen LogP contribution in [0.3, 0.4) is 0 Å². The number of halogens is 2. The van der Waals surface area contributed by atoms with Gasteiger partial charge in [-0.3, -0.25) is 9.11 Å². The number of hydrogen-bond acceptors (Lipinski definition) is 4. The summed E-state index contributed by atoms with van der Waals surface area (Å²) in [5.74, 6) is 0. The lowest BCUT2D eigenvalue weighted by atomic mass is 10.4. The second-order valence-electron chi connectivity index (χ2n) is 3.83. The SMILES string of the molecule is O=S(=O)(O)c1ccc(Cl)cc1.O=S(=O)(O)c1ccccc1Cl. The van der Waals surface area contributed by atoms with Gasteiger partial charge in [0.2, 0.25) is 0 Å². The molecule has 0 aliphatic carbocycles. The van der Waals surface area contributed by atoms with E-state index in [9.17, 15) is 16.8 Å². The Balaban J connectivity index is 0.000000220. The molecule has 0 saturated heterocycles. The summed E-state index contributed by atoms with van der Waals surface area (Å²) >= 11 is 11.0. The van der Waals surface area contributed by atoms with Gasteiger partial charge in [-0.05, 0) is 36.4 Å². The lowest BCUT2D eigenvalue weighted by Gasteiger charge is -1.97. The summed E-state index contributed by atoms with van der Waals surface area (Å²) in [4.78, 5) is -0.413. The molecule has 22 heavy (non-hydrogen) atoms. The molecular weight excluding hydrogens is 375 g/mol. The molecule has 10 heteroatoms. The number of hydrogen-bond donors (Lipinski definition) is 2. The quantitative estimate of drug-likeness (QED) is 0.769. The Hall–Kier alpha value is -1.16. The topological polar surface area (TPSA) is 109 Å². The van der Waals surface area contributed by atoms with Gasteiger partial charge in [0.25, 0.3) is 20.2 Å². The van der Waals surface area contributed by atoms with E-state index in [1.54, 1.807) is 6.07 Å². The molecule has 2 rings (SSSR count). The summed E-state index contributed by atoms with van der Waals surface area (Å²) in [6.07, 6.45) is 0. The lowest BCUT2D eigenvalue weighted by Crippen LogP contribution is -1.97. The molecule has 0 bridgehead atoms. The predicted molar refractivity (Wildman–Crippen MR) is 82.5 cm³/mol. The smallest absolute Gasteiger partial charge is 0.282 e. The Morgan fingerprint density at radius 3 is 1.59 bits per heavy atom. The fourth-order valence-corrected chi connectivity index (χ4v) is 2.86. The van der Waals surface area contributed by atoms with Crippen molar-refractivity contribution >= 4 is 43.4 Å². The van der Waals surface area contributed by atoms with Crippen LogP contribution >= 0.6 is 23.2 Å². The molecule has 0 amide bonds. The standard InChI is InChI=1S/2C6H5ClO3S/c7-5-1-3-6(4-2-5)11(8,9)10;7-5-3-1-2-4-6(5)11(8,9)10/h2*1-4H,(H,8,9,10). The van der Waals surface area contributed by atoms with Crippen LogP contribution in [0.4, 0.5) is 0 Å². The van der Waals surface area contributed by atoms with Gasteiger partial charge in [-0.15, -0.1) is 0 Å². The highest BCUT2D eigenvalue weighted by Crippen LogP contribution is 2.19. The largest absolute Gasteiger partial charge is 0.296 e. The van der Waals surface area contributed by atoms with Crippen molar-refractivity contribution in [3.8, 4) is 0 Å². The molecule has 0 atom stereocenters. The molecule has 0 aliphatic heterocycles. The highest BCUT2D eigenvalue weighted by molar-refractivity contribution is 7.86. The van der Waals surface area contributed by atoms with Crippen LogP contribution in [0.1, 0.15) is 0 Å². The molecular formula is C12H10Cl2O6S2. The van der Waals surface area contributed by atoms with E-state index >= 15 is 0 Å². The van der Waals surface area contributed by atoms with Gasteiger partial charge in [-0.1, -0.05) is 35.3 Å². The van der Waals surface area contributed by atoms with Crippen molar-refractivity contribution in [1.29, 1.82) is 0 Å². The fraction of sp³-hybridized carbons (Fsp3) is 0. The highest BCUT2D eigenvalue weighted by Gasteiger charge is 2.12. The zero-order valence-electron chi connectivity index (χ0n) is 10.7. The van der Waals surface area contributed by atoms with Crippen LogP contribution in [0, 0.1) is 0 Å². The van der Waals surface area contributed by atoms with Crippen LogP contribution in [-0.4, -0.2) is 25.9 Å². The molecule has 6 nitrogen and oxygen atoms in total. The zero-order chi connectivity index (χ0) is 17.0. The lowest BCUT2D eigenvalue weighted by molar-refractivity contribution is 0.481. The molecule has 0 unspecified atom stereocenters. The van der Waals surface area contributed by atoms with E-state index in [0.717, 1.165) is 0 Å². The van der Waals surface area contributed by atoms with Crippen molar-refractivity contribution in [2.45, 2.75) is 9.79 Å². The third-order valence-electron chi connectivity index (χ3n) is 2.23. The average Bonchev–Trinajstić information content (AvgIpc) is 2.38. The molecule has 0 aliphatic rings. The summed E-state index contributed by atoms with van der Waals surface area (Å²) in [6.45, 7) is 0. The van der Waals surface area contributed by atoms with E-state index in [2.05, 4.69) is 0 Å². The van der Waals surface area contributed by atoms with Crippen molar-refractivity contribution in [2.24, 2.45) is 0 Å². The first-order chi connectivity index (χ1) is 10.0. The van der Waals surface area contributed by atoms with E-state index < -0.39 is 20.2 Å². The van der Waals surface area contributed by atoms with Crippen LogP contribution in [0.25, 0.3) is 0 Å². The van der Waals surface area contributed by atoms with Crippen LogP contribution < -0.4 is 0 Å². The molecule has 2 N–H and O–H groups in total. The second-order valence-corrected chi connectivity index (χ2v) is 7.49. The summed E-state index contributed by atoms with van der Waals surface area (Å²) in [7, 11) is -8.24. The van der Waals surface area contributed by atoms with Crippen LogP contribution in [0.5, 0.6) is 0 Å². The molecule has 2 aromatic carbocycles. The van der Waals surface area contributed by atoms with E-state index in [-0.39, 0.29) is 14.8 Å². The second kappa shape index (κ2) is 7.40. The number of rotatable bonds is 2. The van der Waals surface area contributed by atoms with E-state index in [1.807, 2.05) is 0 Å². The summed E-state index contributed by atoms with van der Waals surface area (Å²) in [5.41, 5.74) is 0. The minimum atomic E-state index is -4.17. The van der Waals surface area contributed by atoms with Gasteiger partial charge in [0.05, 0.1) is 9.92 Å². The van der Waals surface area contributed by atoms with Crippen molar-refractivity contribution in [1.82, 2.24) is 0 Å². The van der Waals surface area contributed by atoms with Crippen molar-refractivity contribution in [3.63, 3.8) is 0 Å². The Kier molecular flexibility index (Phi) is 6.36. The van der Waals surface area contributed by atoms with Gasteiger partial charge < -0.3 is 0 Å². The minimum Gasteiger partial charge on any atom is -0.282 e. The van der Waals surface area contributed by atoms with Crippen LogP contribution in [-0.2, 0) is 20.2 Å². The predicted octanol–water partition coefficient (Wildman–Crippen LogP) is 3.17. The van der Waals surface area contributed by atoms with Crippen molar-refractivity contribution < 1.29 is 25.9 Å². The molecule has 0 spiro atoms. The van der Waals surface area contributed by atoms with Gasteiger partial charge >= 0.3 is 0 Å². The molecule has 0 aromatic heterocycles. The normalized spacial score (nSPS) is 11.5. The van der Waals surface area contributed by atoms with Gasteiger partial charge in [-0.25, -0.2) is 0 Å². The first-order valence-electron chi connectivity index (χ1n) is 5.47. The van der Waals surface area contributed by atoms with Gasteiger partial charge in [0, 0.05) is 5.02 Å². The Morgan fingerprint density at radius 1 is 0.727 bits per heavy atom. The first kappa shape index (κ1) is 18.9. The molecule has 0 radical (unpaired) electrons. The van der Waals surface area contributed by atoms with Crippen LogP contribution in [0.15, 0.2) is 58.3 Å². The fourth-order valence-electron chi connectivity index (χ4n) is 1.26.